The molecule has 0 bridgehead atoms. The fourth-order valence-electron chi connectivity index (χ4n) is 3.87. The molecule has 32 heavy (non-hydrogen) atoms. The van der Waals surface area contributed by atoms with Crippen LogP contribution in [0.3, 0.4) is 0 Å². The van der Waals surface area contributed by atoms with Crippen molar-refractivity contribution >= 4 is 35.8 Å². The first kappa shape index (κ1) is 26.1. The molecule has 6 nitrogen and oxygen atoms in total. The Labute approximate surface area is 208 Å². The van der Waals surface area contributed by atoms with Crippen LogP contribution in [0.25, 0.3) is 0 Å². The van der Waals surface area contributed by atoms with Crippen molar-refractivity contribution in [3.8, 4) is 0 Å². The summed E-state index contributed by atoms with van der Waals surface area (Å²) in [4.78, 5) is 19.2. The minimum absolute atomic E-state index is 0. The highest BCUT2D eigenvalue weighted by atomic mass is 127. The van der Waals surface area contributed by atoms with E-state index in [4.69, 9.17) is 9.73 Å². The van der Waals surface area contributed by atoms with Gasteiger partial charge in [0.15, 0.2) is 5.96 Å². The van der Waals surface area contributed by atoms with Gasteiger partial charge >= 0.3 is 0 Å². The van der Waals surface area contributed by atoms with Crippen molar-refractivity contribution in [3.05, 3.63) is 71.3 Å². The summed E-state index contributed by atoms with van der Waals surface area (Å²) in [5.74, 6) is 1.33. The number of halogens is 1. The molecule has 1 saturated heterocycles. The van der Waals surface area contributed by atoms with Crippen LogP contribution in [0.1, 0.15) is 30.0 Å². The number of likely N-dealkylation sites (tertiary alicyclic amines) is 1. The smallest absolute Gasteiger partial charge is 0.223 e. The molecule has 3 rings (SSSR count). The van der Waals surface area contributed by atoms with Gasteiger partial charge in [-0.2, -0.15) is 0 Å². The molecular weight excluding hydrogens is 515 g/mol. The first-order valence-electron chi connectivity index (χ1n) is 11.1. The zero-order chi connectivity index (χ0) is 21.9. The molecule has 0 aliphatic carbocycles. The van der Waals surface area contributed by atoms with E-state index in [9.17, 15) is 4.79 Å². The molecule has 2 aromatic rings. The average Bonchev–Trinajstić information content (AvgIpc) is 3.15. The lowest BCUT2D eigenvalue weighted by molar-refractivity contribution is -0.127. The van der Waals surface area contributed by atoms with Crippen LogP contribution in [-0.4, -0.2) is 50.1 Å². The minimum Gasteiger partial charge on any atom is -0.380 e. The number of carbonyl (C=O) groups is 1. The van der Waals surface area contributed by atoms with Gasteiger partial charge < -0.3 is 20.3 Å². The van der Waals surface area contributed by atoms with Crippen molar-refractivity contribution in [1.29, 1.82) is 0 Å². The van der Waals surface area contributed by atoms with Gasteiger partial charge in [-0.1, -0.05) is 54.6 Å². The van der Waals surface area contributed by atoms with Gasteiger partial charge in [-0.25, -0.2) is 4.99 Å². The van der Waals surface area contributed by atoms with Gasteiger partial charge in [-0.15, -0.1) is 24.0 Å². The monoisotopic (exact) mass is 550 g/mol. The first-order valence-corrected chi connectivity index (χ1v) is 11.1. The van der Waals surface area contributed by atoms with Gasteiger partial charge in [0, 0.05) is 45.6 Å². The normalized spacial score (nSPS) is 16.1. The Morgan fingerprint density at radius 2 is 1.81 bits per heavy atom. The van der Waals surface area contributed by atoms with Gasteiger partial charge in [0.2, 0.25) is 5.91 Å². The minimum atomic E-state index is 0. The van der Waals surface area contributed by atoms with Gasteiger partial charge in [0.25, 0.3) is 0 Å². The Morgan fingerprint density at radius 1 is 1.09 bits per heavy atom. The quantitative estimate of drug-likeness (QED) is 0.270. The van der Waals surface area contributed by atoms with Crippen LogP contribution in [-0.2, 0) is 29.1 Å². The Bertz CT molecular complexity index is 860. The molecule has 0 spiro atoms. The van der Waals surface area contributed by atoms with E-state index >= 15 is 0 Å². The van der Waals surface area contributed by atoms with Crippen molar-refractivity contribution in [2.75, 3.05) is 33.3 Å². The summed E-state index contributed by atoms with van der Waals surface area (Å²) in [7, 11) is 1.71. The van der Waals surface area contributed by atoms with Gasteiger partial charge in [-0.3, -0.25) is 4.79 Å². The molecule has 0 radical (unpaired) electrons. The SMILES string of the molecule is CCNC(=NCc1ccccc1COC)NCC1CC(=O)N(CCc2ccccc2)C1.I. The summed E-state index contributed by atoms with van der Waals surface area (Å²) < 4.78 is 5.29. The fourth-order valence-corrected chi connectivity index (χ4v) is 3.87. The summed E-state index contributed by atoms with van der Waals surface area (Å²) in [6.07, 6.45) is 1.50. The molecule has 1 amide bonds. The van der Waals surface area contributed by atoms with Crippen LogP contribution in [0.2, 0.25) is 0 Å². The van der Waals surface area contributed by atoms with Crippen LogP contribution in [0.5, 0.6) is 0 Å². The second kappa shape index (κ2) is 14.1. The summed E-state index contributed by atoms with van der Waals surface area (Å²) in [6, 6.07) is 18.5. The van der Waals surface area contributed by atoms with Crippen LogP contribution in [0, 0.1) is 5.92 Å². The predicted octanol–water partition coefficient (Wildman–Crippen LogP) is 3.60. The van der Waals surface area contributed by atoms with Crippen LogP contribution >= 0.6 is 24.0 Å². The fraction of sp³-hybridized carbons (Fsp3) is 0.440. The summed E-state index contributed by atoms with van der Waals surface area (Å²) in [5, 5.41) is 6.73. The van der Waals surface area contributed by atoms with E-state index in [-0.39, 0.29) is 29.9 Å². The summed E-state index contributed by atoms with van der Waals surface area (Å²) in [5.41, 5.74) is 3.58. The summed E-state index contributed by atoms with van der Waals surface area (Å²) >= 11 is 0. The van der Waals surface area contributed by atoms with Crippen molar-refractivity contribution in [2.45, 2.75) is 32.9 Å². The molecule has 1 heterocycles. The van der Waals surface area contributed by atoms with E-state index in [2.05, 4.69) is 41.8 Å². The number of methoxy groups -OCH3 is 1. The number of aliphatic imine (C=N–C) groups is 1. The number of hydrogen-bond donors (Lipinski definition) is 2. The molecule has 1 fully saturated rings. The number of rotatable bonds is 10. The van der Waals surface area contributed by atoms with Crippen LogP contribution in [0.15, 0.2) is 59.6 Å². The maximum Gasteiger partial charge on any atom is 0.223 e. The Balaban J connectivity index is 0.00000363. The number of ether oxygens (including phenoxy) is 1. The lowest BCUT2D eigenvalue weighted by atomic mass is 10.1. The zero-order valence-corrected chi connectivity index (χ0v) is 21.4. The maximum atomic E-state index is 12.4. The van der Waals surface area contributed by atoms with Crippen molar-refractivity contribution in [2.24, 2.45) is 10.9 Å². The van der Waals surface area contributed by atoms with E-state index in [1.807, 2.05) is 35.2 Å². The Kier molecular flexibility index (Phi) is 11.5. The number of guanidine groups is 1. The second-order valence-electron chi connectivity index (χ2n) is 7.92. The molecule has 0 aromatic heterocycles. The number of nitrogens with one attached hydrogen (secondary N) is 2. The third-order valence-corrected chi connectivity index (χ3v) is 5.54. The van der Waals surface area contributed by atoms with E-state index in [0.29, 0.717) is 25.5 Å². The van der Waals surface area contributed by atoms with Crippen molar-refractivity contribution < 1.29 is 9.53 Å². The Morgan fingerprint density at radius 3 is 2.53 bits per heavy atom. The van der Waals surface area contributed by atoms with Gasteiger partial charge in [-0.05, 0) is 30.0 Å². The topological polar surface area (TPSA) is 66.0 Å². The van der Waals surface area contributed by atoms with Crippen molar-refractivity contribution in [3.63, 3.8) is 0 Å². The van der Waals surface area contributed by atoms with Crippen molar-refractivity contribution in [1.82, 2.24) is 15.5 Å². The van der Waals surface area contributed by atoms with E-state index in [1.165, 1.54) is 5.56 Å². The number of amides is 1. The molecular formula is C25H35IN4O2. The third kappa shape index (κ3) is 8.09. The highest BCUT2D eigenvalue weighted by Crippen LogP contribution is 2.18. The predicted molar refractivity (Wildman–Crippen MR) is 140 cm³/mol. The van der Waals surface area contributed by atoms with Crippen LogP contribution in [0.4, 0.5) is 0 Å². The largest absolute Gasteiger partial charge is 0.380 e. The number of benzene rings is 2. The Hall–Kier alpha value is -2.13. The average molecular weight is 550 g/mol. The zero-order valence-electron chi connectivity index (χ0n) is 19.0. The molecule has 2 N–H and O–H groups in total. The second-order valence-corrected chi connectivity index (χ2v) is 7.92. The number of hydrogen-bond acceptors (Lipinski definition) is 3. The van der Waals surface area contributed by atoms with Gasteiger partial charge in [0.05, 0.1) is 13.2 Å². The molecule has 7 heteroatoms. The molecule has 1 aliphatic rings. The highest BCUT2D eigenvalue weighted by molar-refractivity contribution is 14.0. The molecule has 0 saturated carbocycles. The molecule has 1 unspecified atom stereocenters. The lowest BCUT2D eigenvalue weighted by Crippen LogP contribution is -2.40. The molecule has 2 aromatic carbocycles. The first-order chi connectivity index (χ1) is 15.2. The molecule has 1 atom stereocenters. The third-order valence-electron chi connectivity index (χ3n) is 5.54. The van der Waals surface area contributed by atoms with Crippen LogP contribution < -0.4 is 10.6 Å². The summed E-state index contributed by atoms with van der Waals surface area (Å²) in [6.45, 7) is 6.33. The molecule has 174 valence electrons. The lowest BCUT2D eigenvalue weighted by Gasteiger charge is -2.18. The number of nitrogens with zero attached hydrogens (tertiary/aromatic N) is 2. The van der Waals surface area contributed by atoms with E-state index in [0.717, 1.165) is 49.7 Å². The van der Waals surface area contributed by atoms with Gasteiger partial charge in [0.1, 0.15) is 0 Å². The number of carbonyl (C=O) groups excluding carboxylic acids is 1. The highest BCUT2D eigenvalue weighted by Gasteiger charge is 2.29. The standard InChI is InChI=1S/C25H34N4O2.HI/c1-3-26-25(28-17-22-11-7-8-12-23(22)19-31-2)27-16-21-15-24(30)29(18-21)14-13-20-9-5-4-6-10-20;/h4-12,21H,3,13-19H2,1-2H3,(H2,26,27,28);1H. The molecule has 1 aliphatic heterocycles. The van der Waals surface area contributed by atoms with E-state index in [1.54, 1.807) is 7.11 Å². The maximum absolute atomic E-state index is 12.4. The van der Waals surface area contributed by atoms with E-state index < -0.39 is 0 Å².